The number of benzene rings is 1. The van der Waals surface area contributed by atoms with Crippen LogP contribution in [0, 0.1) is 17.1 Å². The minimum absolute atomic E-state index is 0.287. The fraction of sp³-hybridized carbons (Fsp3) is 0.529. The average Bonchev–Trinajstić information content (AvgIpc) is 3.23. The summed E-state index contributed by atoms with van der Waals surface area (Å²) < 4.78 is 20.9. The zero-order valence-corrected chi connectivity index (χ0v) is 26.7. The second kappa shape index (κ2) is 12.8. The summed E-state index contributed by atoms with van der Waals surface area (Å²) in [6.07, 6.45) is 4.18. The molecule has 1 aromatic carbocycles. The number of rotatable bonds is 4. The molecule has 1 amide bonds. The summed E-state index contributed by atoms with van der Waals surface area (Å²) in [7, 11) is 0. The van der Waals surface area contributed by atoms with Crippen LogP contribution in [0.3, 0.4) is 0 Å². The third-order valence-electron chi connectivity index (χ3n) is 9.18. The maximum atomic E-state index is 15.4. The standard InChI is InChI=1S/C34H43FN8O2/c1-24-21-42(31-8-7-25(19-36)32-28(31)6-5-10-37-32)22-26-9-11-39(12-17-43(24)26)23-30-29(35)18-27(20-38-30)40-13-15-41(16-14-40)33(44)45-34(2,3)4/h5-8,10,18,20,24,26H,9,11-17,21-23H2,1-4H3/t24-,26+/m1/s1. The van der Waals surface area contributed by atoms with Crippen molar-refractivity contribution in [2.45, 2.75) is 58.3 Å². The Kier molecular flexibility index (Phi) is 8.80. The maximum absolute atomic E-state index is 15.4. The number of hydrogen-bond acceptors (Lipinski definition) is 9. The lowest BCUT2D eigenvalue weighted by molar-refractivity contribution is 0.0240. The largest absolute Gasteiger partial charge is 0.444 e. The number of pyridine rings is 2. The van der Waals surface area contributed by atoms with Crippen LogP contribution < -0.4 is 9.80 Å². The van der Waals surface area contributed by atoms with Crippen molar-refractivity contribution in [2.75, 3.05) is 68.7 Å². The van der Waals surface area contributed by atoms with Gasteiger partial charge in [-0.25, -0.2) is 9.18 Å². The molecule has 0 N–H and O–H groups in total. The van der Waals surface area contributed by atoms with Crippen LogP contribution in [0.15, 0.2) is 42.7 Å². The summed E-state index contributed by atoms with van der Waals surface area (Å²) in [6.45, 7) is 15.1. The molecule has 6 rings (SSSR count). The van der Waals surface area contributed by atoms with Gasteiger partial charge in [-0.1, -0.05) is 0 Å². The second-order valence-corrected chi connectivity index (χ2v) is 13.4. The van der Waals surface area contributed by atoms with E-state index in [1.807, 2.05) is 32.9 Å². The molecular formula is C34H43FN8O2. The van der Waals surface area contributed by atoms with Crippen LogP contribution >= 0.6 is 0 Å². The first-order chi connectivity index (χ1) is 21.6. The van der Waals surface area contributed by atoms with Crippen LogP contribution in [0.1, 0.15) is 45.4 Å². The van der Waals surface area contributed by atoms with E-state index in [1.165, 1.54) is 0 Å². The Balaban J connectivity index is 1.07. The summed E-state index contributed by atoms with van der Waals surface area (Å²) in [5.74, 6) is -0.287. The smallest absolute Gasteiger partial charge is 0.410 e. The second-order valence-electron chi connectivity index (χ2n) is 13.4. The van der Waals surface area contributed by atoms with Gasteiger partial charge in [0.1, 0.15) is 17.5 Å². The number of aromatic nitrogens is 2. The predicted octanol–water partition coefficient (Wildman–Crippen LogP) is 4.48. The van der Waals surface area contributed by atoms with E-state index in [1.54, 1.807) is 23.4 Å². The van der Waals surface area contributed by atoms with Crippen LogP contribution in [-0.2, 0) is 11.3 Å². The van der Waals surface area contributed by atoms with Crippen LogP contribution in [0.5, 0.6) is 0 Å². The average molecular weight is 615 g/mol. The number of anilines is 2. The van der Waals surface area contributed by atoms with Gasteiger partial charge in [-0.3, -0.25) is 19.8 Å². The molecule has 0 saturated carbocycles. The van der Waals surface area contributed by atoms with Gasteiger partial charge in [0.2, 0.25) is 0 Å². The number of carbonyl (C=O) groups is 1. The molecule has 2 atom stereocenters. The van der Waals surface area contributed by atoms with Crippen molar-refractivity contribution >= 4 is 28.4 Å². The molecule has 3 aliphatic rings. The summed E-state index contributed by atoms with van der Waals surface area (Å²) in [4.78, 5) is 32.6. The van der Waals surface area contributed by atoms with E-state index < -0.39 is 5.60 Å². The van der Waals surface area contributed by atoms with Crippen molar-refractivity contribution in [1.82, 2.24) is 24.7 Å². The minimum atomic E-state index is -0.530. The molecule has 0 unspecified atom stereocenters. The number of ether oxygens (including phenoxy) is 1. The SMILES string of the molecule is C[C@@H]1CN(c2ccc(C#N)c3ncccc23)C[C@@H]2CCN(Cc3ncc(N4CCN(C(=O)OC(C)(C)C)CC4)cc3F)CCN21. The van der Waals surface area contributed by atoms with Crippen LogP contribution in [0.2, 0.25) is 0 Å². The van der Waals surface area contributed by atoms with E-state index >= 15 is 4.39 Å². The van der Waals surface area contributed by atoms with Gasteiger partial charge in [-0.15, -0.1) is 0 Å². The zero-order valence-electron chi connectivity index (χ0n) is 26.7. The summed E-state index contributed by atoms with van der Waals surface area (Å²) >= 11 is 0. The van der Waals surface area contributed by atoms with Crippen LogP contribution in [0.4, 0.5) is 20.6 Å². The lowest BCUT2D eigenvalue weighted by atomic mass is 10.0. The molecule has 0 radical (unpaired) electrons. The molecule has 0 spiro atoms. The highest BCUT2D eigenvalue weighted by atomic mass is 19.1. The molecule has 0 aliphatic carbocycles. The molecule has 0 bridgehead atoms. The van der Waals surface area contributed by atoms with Crippen molar-refractivity contribution < 1.29 is 13.9 Å². The molecule has 45 heavy (non-hydrogen) atoms. The first-order valence-electron chi connectivity index (χ1n) is 16.0. The van der Waals surface area contributed by atoms with Crippen LogP contribution in [-0.4, -0.2) is 107 Å². The Morgan fingerprint density at radius 3 is 2.58 bits per heavy atom. The van der Waals surface area contributed by atoms with Gasteiger partial charge in [-0.05, 0) is 58.4 Å². The molecule has 10 nitrogen and oxygen atoms in total. The Bertz CT molecular complexity index is 1580. The van der Waals surface area contributed by atoms with Crippen molar-refractivity contribution in [1.29, 1.82) is 5.26 Å². The maximum Gasteiger partial charge on any atom is 0.410 e. The Hall–Kier alpha value is -4.01. The number of hydrogen-bond donors (Lipinski definition) is 0. The highest BCUT2D eigenvalue weighted by Crippen LogP contribution is 2.32. The molecule has 3 aromatic rings. The molecule has 3 aliphatic heterocycles. The topological polar surface area (TPSA) is 92.1 Å². The fourth-order valence-corrected chi connectivity index (χ4v) is 6.89. The van der Waals surface area contributed by atoms with E-state index in [-0.39, 0.29) is 11.9 Å². The Morgan fingerprint density at radius 1 is 1.04 bits per heavy atom. The van der Waals surface area contributed by atoms with Gasteiger partial charge in [0, 0.05) is 101 Å². The highest BCUT2D eigenvalue weighted by molar-refractivity contribution is 5.95. The van der Waals surface area contributed by atoms with E-state index in [9.17, 15) is 10.1 Å². The quantitative estimate of drug-likeness (QED) is 0.422. The predicted molar refractivity (Wildman–Crippen MR) is 173 cm³/mol. The van der Waals surface area contributed by atoms with Gasteiger partial charge in [0.05, 0.1) is 28.7 Å². The fourth-order valence-electron chi connectivity index (χ4n) is 6.89. The van der Waals surface area contributed by atoms with E-state index in [2.05, 4.69) is 54.7 Å². The number of fused-ring (bicyclic) bond motifs is 2. The molecule has 238 valence electrons. The number of carbonyl (C=O) groups excluding carboxylic acids is 1. The lowest BCUT2D eigenvalue weighted by Crippen LogP contribution is -2.58. The molecule has 11 heteroatoms. The minimum Gasteiger partial charge on any atom is -0.444 e. The molecule has 3 fully saturated rings. The number of nitriles is 1. The molecule has 5 heterocycles. The molecular weight excluding hydrogens is 571 g/mol. The van der Waals surface area contributed by atoms with Crippen molar-refractivity contribution in [3.05, 3.63) is 59.8 Å². The first kappa shape index (κ1) is 31.0. The summed E-state index contributed by atoms with van der Waals surface area (Å²) in [5, 5.41) is 10.6. The first-order valence-corrected chi connectivity index (χ1v) is 16.0. The number of amides is 1. The molecule has 3 saturated heterocycles. The number of piperazine rings is 2. The van der Waals surface area contributed by atoms with Gasteiger partial charge in [0.25, 0.3) is 0 Å². The van der Waals surface area contributed by atoms with Gasteiger partial charge < -0.3 is 19.4 Å². The summed E-state index contributed by atoms with van der Waals surface area (Å²) in [5.41, 5.74) is 3.16. The highest BCUT2D eigenvalue weighted by Gasteiger charge is 2.35. The molecule has 2 aromatic heterocycles. The van der Waals surface area contributed by atoms with Gasteiger partial charge in [-0.2, -0.15) is 5.26 Å². The summed E-state index contributed by atoms with van der Waals surface area (Å²) in [6, 6.07) is 12.5. The monoisotopic (exact) mass is 614 g/mol. The number of nitrogens with zero attached hydrogens (tertiary/aromatic N) is 8. The van der Waals surface area contributed by atoms with E-state index in [4.69, 9.17) is 4.74 Å². The zero-order chi connectivity index (χ0) is 31.7. The van der Waals surface area contributed by atoms with Crippen LogP contribution in [0.25, 0.3) is 10.9 Å². The Labute approximate surface area is 265 Å². The third kappa shape index (κ3) is 6.82. The lowest BCUT2D eigenvalue weighted by Gasteiger charge is -2.46. The van der Waals surface area contributed by atoms with Crippen molar-refractivity contribution in [3.63, 3.8) is 0 Å². The van der Waals surface area contributed by atoms with E-state index in [0.717, 1.165) is 61.4 Å². The van der Waals surface area contributed by atoms with Gasteiger partial charge >= 0.3 is 6.09 Å². The number of halogens is 1. The Morgan fingerprint density at radius 2 is 1.84 bits per heavy atom. The van der Waals surface area contributed by atoms with Crippen molar-refractivity contribution in [2.24, 2.45) is 0 Å². The van der Waals surface area contributed by atoms with Crippen molar-refractivity contribution in [3.8, 4) is 6.07 Å². The third-order valence-corrected chi connectivity index (χ3v) is 9.18. The normalized spacial score (nSPS) is 21.7. The van der Waals surface area contributed by atoms with Gasteiger partial charge in [0.15, 0.2) is 0 Å². The van der Waals surface area contributed by atoms with E-state index in [0.29, 0.717) is 56.1 Å².